The first kappa shape index (κ1) is 19.4. The van der Waals surface area contributed by atoms with E-state index in [4.69, 9.17) is 0 Å². The van der Waals surface area contributed by atoms with Gasteiger partial charge in [-0.2, -0.15) is 0 Å². The Labute approximate surface area is 175 Å². The van der Waals surface area contributed by atoms with Gasteiger partial charge in [-0.1, -0.05) is 42.1 Å². The first-order chi connectivity index (χ1) is 14.1. The minimum Gasteiger partial charge on any atom is -0.293 e. The molecule has 0 saturated carbocycles. The van der Waals surface area contributed by atoms with Crippen molar-refractivity contribution in [3.63, 3.8) is 0 Å². The molecule has 7 heteroatoms. The number of halogens is 1. The summed E-state index contributed by atoms with van der Waals surface area (Å²) < 4.78 is 13.1. The molecule has 0 N–H and O–H groups in total. The second-order valence-corrected chi connectivity index (χ2v) is 8.27. The lowest BCUT2D eigenvalue weighted by atomic mass is 10.2. The van der Waals surface area contributed by atoms with Crippen LogP contribution in [0.5, 0.6) is 0 Å². The summed E-state index contributed by atoms with van der Waals surface area (Å²) >= 11 is 2.86. The fourth-order valence-electron chi connectivity index (χ4n) is 2.71. The molecule has 0 bridgehead atoms. The van der Waals surface area contributed by atoms with Crippen LogP contribution in [0.15, 0.2) is 71.8 Å². The molecule has 0 aliphatic carbocycles. The Morgan fingerprint density at radius 3 is 2.45 bits per heavy atom. The standard InChI is InChI=1S/C22H16FN3OS2/c1-14-21(29-22(24-14)16-7-9-17(23)10-8-16)18-11-12-20(26-25-18)28-13-19(27)15-5-3-2-4-6-15/h2-12H,13H2,1H3. The number of aromatic nitrogens is 3. The highest BCUT2D eigenvalue weighted by Gasteiger charge is 2.14. The van der Waals surface area contributed by atoms with Gasteiger partial charge in [0, 0.05) is 11.1 Å². The molecular weight excluding hydrogens is 405 g/mol. The van der Waals surface area contributed by atoms with Gasteiger partial charge in [0.15, 0.2) is 5.78 Å². The number of hydrogen-bond acceptors (Lipinski definition) is 6. The van der Waals surface area contributed by atoms with E-state index in [1.54, 1.807) is 12.1 Å². The second-order valence-electron chi connectivity index (χ2n) is 6.28. The summed E-state index contributed by atoms with van der Waals surface area (Å²) in [7, 11) is 0. The molecule has 4 rings (SSSR count). The highest BCUT2D eigenvalue weighted by molar-refractivity contribution is 7.99. The zero-order valence-corrected chi connectivity index (χ0v) is 17.1. The molecule has 2 aromatic heterocycles. The zero-order valence-electron chi connectivity index (χ0n) is 15.5. The lowest BCUT2D eigenvalue weighted by Crippen LogP contribution is -2.02. The molecule has 0 amide bonds. The van der Waals surface area contributed by atoms with Gasteiger partial charge in [0.25, 0.3) is 0 Å². The molecule has 2 aromatic carbocycles. The Morgan fingerprint density at radius 1 is 1.00 bits per heavy atom. The smallest absolute Gasteiger partial charge is 0.173 e. The van der Waals surface area contributed by atoms with E-state index in [0.717, 1.165) is 26.8 Å². The lowest BCUT2D eigenvalue weighted by Gasteiger charge is -2.02. The van der Waals surface area contributed by atoms with Gasteiger partial charge in [-0.3, -0.25) is 4.79 Å². The third kappa shape index (κ3) is 4.58. The van der Waals surface area contributed by atoms with Crippen molar-refractivity contribution in [2.24, 2.45) is 0 Å². The van der Waals surface area contributed by atoms with Crippen molar-refractivity contribution in [2.75, 3.05) is 5.75 Å². The second kappa shape index (κ2) is 8.63. The van der Waals surface area contributed by atoms with Gasteiger partial charge in [0.05, 0.1) is 16.3 Å². The van der Waals surface area contributed by atoms with Crippen LogP contribution in [0.2, 0.25) is 0 Å². The van der Waals surface area contributed by atoms with E-state index >= 15 is 0 Å². The van der Waals surface area contributed by atoms with Crippen molar-refractivity contribution in [2.45, 2.75) is 11.9 Å². The van der Waals surface area contributed by atoms with E-state index in [1.807, 2.05) is 49.4 Å². The summed E-state index contributed by atoms with van der Waals surface area (Å²) in [6.45, 7) is 1.92. The van der Waals surface area contributed by atoms with E-state index in [0.29, 0.717) is 16.3 Å². The molecule has 0 aliphatic heterocycles. The summed E-state index contributed by atoms with van der Waals surface area (Å²) in [4.78, 5) is 17.7. The fraction of sp³-hybridized carbons (Fsp3) is 0.0909. The Morgan fingerprint density at radius 2 is 1.76 bits per heavy atom. The van der Waals surface area contributed by atoms with Crippen LogP contribution >= 0.6 is 23.1 Å². The van der Waals surface area contributed by atoms with Crippen LogP contribution in [0.3, 0.4) is 0 Å². The average Bonchev–Trinajstić information content (AvgIpc) is 3.15. The van der Waals surface area contributed by atoms with E-state index in [2.05, 4.69) is 15.2 Å². The van der Waals surface area contributed by atoms with Gasteiger partial charge < -0.3 is 0 Å². The summed E-state index contributed by atoms with van der Waals surface area (Å²) in [6.07, 6.45) is 0. The predicted molar refractivity (Wildman–Crippen MR) is 115 cm³/mol. The number of aryl methyl sites for hydroxylation is 1. The number of carbonyl (C=O) groups excluding carboxylic acids is 1. The molecule has 0 aliphatic rings. The number of thioether (sulfide) groups is 1. The maximum atomic E-state index is 13.1. The summed E-state index contributed by atoms with van der Waals surface area (Å²) in [6, 6.07) is 19.2. The molecule has 0 unspecified atom stereocenters. The van der Waals surface area contributed by atoms with Crippen LogP contribution in [-0.2, 0) is 0 Å². The number of rotatable bonds is 6. The third-order valence-corrected chi connectivity index (χ3v) is 6.36. The molecule has 29 heavy (non-hydrogen) atoms. The third-order valence-electron chi connectivity index (χ3n) is 4.21. The van der Waals surface area contributed by atoms with Gasteiger partial charge in [0.2, 0.25) is 0 Å². The van der Waals surface area contributed by atoms with Gasteiger partial charge in [-0.25, -0.2) is 9.37 Å². The summed E-state index contributed by atoms with van der Waals surface area (Å²) in [5.74, 6) is 0.0995. The minimum absolute atomic E-state index is 0.0590. The normalized spacial score (nSPS) is 10.8. The molecule has 0 fully saturated rings. The Balaban J connectivity index is 1.47. The van der Waals surface area contributed by atoms with Crippen molar-refractivity contribution in [3.8, 4) is 21.1 Å². The minimum atomic E-state index is -0.271. The largest absolute Gasteiger partial charge is 0.293 e. The zero-order chi connectivity index (χ0) is 20.2. The highest BCUT2D eigenvalue weighted by Crippen LogP contribution is 2.34. The number of carbonyl (C=O) groups is 1. The van der Waals surface area contributed by atoms with Crippen molar-refractivity contribution >= 4 is 28.9 Å². The molecular formula is C22H16FN3OS2. The summed E-state index contributed by atoms with van der Waals surface area (Å²) in [5.41, 5.74) is 3.14. The average molecular weight is 422 g/mol. The van der Waals surface area contributed by atoms with Gasteiger partial charge in [-0.15, -0.1) is 21.5 Å². The van der Waals surface area contributed by atoms with Crippen molar-refractivity contribution in [1.29, 1.82) is 0 Å². The van der Waals surface area contributed by atoms with E-state index in [1.165, 1.54) is 35.2 Å². The maximum Gasteiger partial charge on any atom is 0.173 e. The molecule has 0 atom stereocenters. The van der Waals surface area contributed by atoms with E-state index in [9.17, 15) is 9.18 Å². The van der Waals surface area contributed by atoms with Crippen LogP contribution in [0, 0.1) is 12.7 Å². The Bertz CT molecular complexity index is 1130. The Hall–Kier alpha value is -2.90. The molecule has 4 nitrogen and oxygen atoms in total. The quantitative estimate of drug-likeness (QED) is 0.296. The van der Waals surface area contributed by atoms with Crippen molar-refractivity contribution < 1.29 is 9.18 Å². The molecule has 2 heterocycles. The lowest BCUT2D eigenvalue weighted by molar-refractivity contribution is 0.102. The Kier molecular flexibility index (Phi) is 5.78. The van der Waals surface area contributed by atoms with Gasteiger partial charge >= 0.3 is 0 Å². The summed E-state index contributed by atoms with van der Waals surface area (Å²) in [5, 5.41) is 10.1. The topological polar surface area (TPSA) is 55.7 Å². The van der Waals surface area contributed by atoms with E-state index in [-0.39, 0.29) is 11.6 Å². The van der Waals surface area contributed by atoms with Gasteiger partial charge in [0.1, 0.15) is 21.5 Å². The van der Waals surface area contributed by atoms with Crippen LogP contribution in [0.1, 0.15) is 16.1 Å². The van der Waals surface area contributed by atoms with Crippen molar-refractivity contribution in [3.05, 3.63) is 83.8 Å². The van der Waals surface area contributed by atoms with Crippen LogP contribution < -0.4 is 0 Å². The first-order valence-electron chi connectivity index (χ1n) is 8.88. The molecule has 4 aromatic rings. The molecule has 144 valence electrons. The number of ketones is 1. The van der Waals surface area contributed by atoms with Gasteiger partial charge in [-0.05, 0) is 43.3 Å². The van der Waals surface area contributed by atoms with Crippen LogP contribution in [-0.4, -0.2) is 26.7 Å². The number of benzene rings is 2. The number of hydrogen-bond donors (Lipinski definition) is 0. The molecule has 0 radical (unpaired) electrons. The van der Waals surface area contributed by atoms with Crippen molar-refractivity contribution in [1.82, 2.24) is 15.2 Å². The fourth-order valence-corrected chi connectivity index (χ4v) is 4.46. The molecule has 0 saturated heterocycles. The van der Waals surface area contributed by atoms with Crippen LogP contribution in [0.25, 0.3) is 21.1 Å². The van der Waals surface area contributed by atoms with E-state index < -0.39 is 0 Å². The highest BCUT2D eigenvalue weighted by atomic mass is 32.2. The SMILES string of the molecule is Cc1nc(-c2ccc(F)cc2)sc1-c1ccc(SCC(=O)c2ccccc2)nn1. The number of Topliss-reactive ketones (excluding diaryl/α,β-unsaturated/α-hetero) is 1. The number of thiazole rings is 1. The van der Waals surface area contributed by atoms with Crippen LogP contribution in [0.4, 0.5) is 4.39 Å². The maximum absolute atomic E-state index is 13.1. The number of nitrogens with zero attached hydrogens (tertiary/aromatic N) is 3. The molecule has 0 spiro atoms. The first-order valence-corrected chi connectivity index (χ1v) is 10.7. The monoisotopic (exact) mass is 421 g/mol. The predicted octanol–water partition coefficient (Wildman–Crippen LogP) is 5.69.